The summed E-state index contributed by atoms with van der Waals surface area (Å²) < 4.78 is 13.6. The number of hydrogen-bond donors (Lipinski definition) is 1. The van der Waals surface area contributed by atoms with Crippen LogP contribution in [0.15, 0.2) is 18.2 Å². The highest BCUT2D eigenvalue weighted by atomic mass is 35.5. The molecule has 112 valence electrons. The van der Waals surface area contributed by atoms with Crippen molar-refractivity contribution in [2.45, 2.75) is 51.7 Å². The van der Waals surface area contributed by atoms with Gasteiger partial charge in [-0.05, 0) is 44.9 Å². The molecule has 1 aromatic carbocycles. The second-order valence-electron chi connectivity index (χ2n) is 6.68. The van der Waals surface area contributed by atoms with Crippen molar-refractivity contribution < 1.29 is 4.39 Å². The molecule has 2 rings (SSSR count). The van der Waals surface area contributed by atoms with E-state index in [9.17, 15) is 4.39 Å². The van der Waals surface area contributed by atoms with E-state index < -0.39 is 0 Å². The SMILES string of the molecule is CCC1(C)CN(Cc2ccc(Cl)c(F)c2)C(C)(C)CN1. The molecule has 4 heteroatoms. The number of nitrogens with one attached hydrogen (secondary N) is 1. The van der Waals surface area contributed by atoms with Crippen LogP contribution in [0.1, 0.15) is 39.7 Å². The van der Waals surface area contributed by atoms with E-state index in [1.54, 1.807) is 12.1 Å². The highest BCUT2D eigenvalue weighted by Crippen LogP contribution is 2.28. The molecule has 1 unspecified atom stereocenters. The van der Waals surface area contributed by atoms with Gasteiger partial charge in [0.25, 0.3) is 0 Å². The molecule has 0 saturated carbocycles. The maximum atomic E-state index is 13.6. The Hall–Kier alpha value is -0.640. The molecule has 2 nitrogen and oxygen atoms in total. The van der Waals surface area contributed by atoms with Gasteiger partial charge in [-0.15, -0.1) is 0 Å². The van der Waals surface area contributed by atoms with Gasteiger partial charge in [-0.2, -0.15) is 0 Å². The van der Waals surface area contributed by atoms with Crippen LogP contribution in [-0.4, -0.2) is 29.1 Å². The molecule has 0 aromatic heterocycles. The van der Waals surface area contributed by atoms with Crippen molar-refractivity contribution in [2.75, 3.05) is 13.1 Å². The van der Waals surface area contributed by atoms with Gasteiger partial charge in [-0.25, -0.2) is 4.39 Å². The van der Waals surface area contributed by atoms with E-state index in [0.717, 1.165) is 31.6 Å². The molecule has 1 N–H and O–H groups in total. The zero-order chi connectivity index (χ0) is 15.0. The van der Waals surface area contributed by atoms with E-state index in [1.165, 1.54) is 0 Å². The molecule has 1 aliphatic heterocycles. The third-order valence-electron chi connectivity index (χ3n) is 4.48. The lowest BCUT2D eigenvalue weighted by Gasteiger charge is -2.50. The van der Waals surface area contributed by atoms with Crippen LogP contribution in [0.5, 0.6) is 0 Å². The van der Waals surface area contributed by atoms with E-state index in [-0.39, 0.29) is 21.9 Å². The van der Waals surface area contributed by atoms with Crippen molar-refractivity contribution in [3.8, 4) is 0 Å². The van der Waals surface area contributed by atoms with Crippen LogP contribution in [0.4, 0.5) is 4.39 Å². The lowest BCUT2D eigenvalue weighted by molar-refractivity contribution is 0.0245. The van der Waals surface area contributed by atoms with Crippen molar-refractivity contribution in [3.05, 3.63) is 34.6 Å². The summed E-state index contributed by atoms with van der Waals surface area (Å²) in [6.45, 7) is 11.5. The summed E-state index contributed by atoms with van der Waals surface area (Å²) in [5.41, 5.74) is 1.16. The Morgan fingerprint density at radius 1 is 1.35 bits per heavy atom. The van der Waals surface area contributed by atoms with Gasteiger partial charge in [0, 0.05) is 30.7 Å². The van der Waals surface area contributed by atoms with Crippen molar-refractivity contribution in [1.29, 1.82) is 0 Å². The summed E-state index contributed by atoms with van der Waals surface area (Å²) in [5, 5.41) is 3.82. The van der Waals surface area contributed by atoms with E-state index in [4.69, 9.17) is 11.6 Å². The number of hydrogen-bond acceptors (Lipinski definition) is 2. The Kier molecular flexibility index (Phi) is 4.43. The van der Waals surface area contributed by atoms with Crippen LogP contribution >= 0.6 is 11.6 Å². The fourth-order valence-corrected chi connectivity index (χ4v) is 2.72. The molecule has 0 spiro atoms. The molecule has 1 saturated heterocycles. The van der Waals surface area contributed by atoms with Crippen LogP contribution in [-0.2, 0) is 6.54 Å². The average molecular weight is 299 g/mol. The number of piperazine rings is 1. The van der Waals surface area contributed by atoms with Crippen molar-refractivity contribution in [3.63, 3.8) is 0 Å². The maximum Gasteiger partial charge on any atom is 0.142 e. The summed E-state index contributed by atoms with van der Waals surface area (Å²) in [4.78, 5) is 2.43. The minimum absolute atomic E-state index is 0.0603. The predicted molar refractivity (Wildman–Crippen MR) is 82.6 cm³/mol. The summed E-state index contributed by atoms with van der Waals surface area (Å²) >= 11 is 5.75. The quantitative estimate of drug-likeness (QED) is 0.912. The monoisotopic (exact) mass is 298 g/mol. The number of rotatable bonds is 3. The molecule has 0 radical (unpaired) electrons. The van der Waals surface area contributed by atoms with E-state index in [2.05, 4.69) is 37.9 Å². The number of halogens is 2. The first-order valence-corrected chi connectivity index (χ1v) is 7.57. The first kappa shape index (κ1) is 15.7. The number of nitrogens with zero attached hydrogens (tertiary/aromatic N) is 1. The normalized spacial score (nSPS) is 26.7. The Labute approximate surface area is 126 Å². The molecule has 1 aliphatic rings. The first-order chi connectivity index (χ1) is 9.26. The van der Waals surface area contributed by atoms with Crippen LogP contribution in [0.2, 0.25) is 5.02 Å². The van der Waals surface area contributed by atoms with Crippen LogP contribution in [0.3, 0.4) is 0 Å². The zero-order valence-electron chi connectivity index (χ0n) is 12.8. The van der Waals surface area contributed by atoms with E-state index in [0.29, 0.717) is 0 Å². The predicted octanol–water partition coefficient (Wildman–Crippen LogP) is 3.83. The highest BCUT2D eigenvalue weighted by molar-refractivity contribution is 6.30. The smallest absolute Gasteiger partial charge is 0.142 e. The van der Waals surface area contributed by atoms with Gasteiger partial charge >= 0.3 is 0 Å². The lowest BCUT2D eigenvalue weighted by Crippen LogP contribution is -2.66. The van der Waals surface area contributed by atoms with Crippen LogP contribution in [0, 0.1) is 5.82 Å². The van der Waals surface area contributed by atoms with Crippen molar-refractivity contribution >= 4 is 11.6 Å². The van der Waals surface area contributed by atoms with Crippen molar-refractivity contribution in [2.24, 2.45) is 0 Å². The summed E-state index contributed by atoms with van der Waals surface area (Å²) in [5.74, 6) is -0.338. The topological polar surface area (TPSA) is 15.3 Å². The van der Waals surface area contributed by atoms with Gasteiger partial charge in [-0.1, -0.05) is 24.6 Å². The van der Waals surface area contributed by atoms with Gasteiger partial charge in [0.2, 0.25) is 0 Å². The maximum absolute atomic E-state index is 13.6. The fourth-order valence-electron chi connectivity index (χ4n) is 2.60. The second kappa shape index (κ2) is 5.63. The third-order valence-corrected chi connectivity index (χ3v) is 4.79. The van der Waals surface area contributed by atoms with E-state index in [1.807, 2.05) is 6.07 Å². The summed E-state index contributed by atoms with van der Waals surface area (Å²) in [6.07, 6.45) is 1.08. The molecule has 20 heavy (non-hydrogen) atoms. The highest BCUT2D eigenvalue weighted by Gasteiger charge is 2.38. The Bertz CT molecular complexity index is 489. The van der Waals surface area contributed by atoms with Gasteiger partial charge in [0.05, 0.1) is 5.02 Å². The van der Waals surface area contributed by atoms with E-state index >= 15 is 0 Å². The first-order valence-electron chi connectivity index (χ1n) is 7.20. The minimum Gasteiger partial charge on any atom is -0.308 e. The molecule has 0 amide bonds. The Balaban J connectivity index is 2.18. The second-order valence-corrected chi connectivity index (χ2v) is 7.09. The molecule has 0 aliphatic carbocycles. The Morgan fingerprint density at radius 3 is 2.65 bits per heavy atom. The molecular weight excluding hydrogens is 275 g/mol. The van der Waals surface area contributed by atoms with Crippen LogP contribution in [0.25, 0.3) is 0 Å². The number of benzene rings is 1. The largest absolute Gasteiger partial charge is 0.308 e. The third kappa shape index (κ3) is 3.33. The molecule has 1 atom stereocenters. The summed E-state index contributed by atoms with van der Waals surface area (Å²) in [6, 6.07) is 5.09. The van der Waals surface area contributed by atoms with Gasteiger partial charge in [-0.3, -0.25) is 4.90 Å². The minimum atomic E-state index is -0.338. The van der Waals surface area contributed by atoms with Crippen LogP contribution < -0.4 is 5.32 Å². The average Bonchev–Trinajstić information content (AvgIpc) is 2.39. The fraction of sp³-hybridized carbons (Fsp3) is 0.625. The Morgan fingerprint density at radius 2 is 2.05 bits per heavy atom. The molecular formula is C16H24ClFN2. The lowest BCUT2D eigenvalue weighted by atomic mass is 9.88. The molecule has 0 bridgehead atoms. The zero-order valence-corrected chi connectivity index (χ0v) is 13.5. The standard InChI is InChI=1S/C16H24ClFN2/c1-5-16(4)11-20(15(2,3)10-19-16)9-12-6-7-13(17)14(18)8-12/h6-8,19H,5,9-11H2,1-4H3. The summed E-state index contributed by atoms with van der Waals surface area (Å²) in [7, 11) is 0. The van der Waals surface area contributed by atoms with Gasteiger partial charge < -0.3 is 5.32 Å². The molecule has 1 heterocycles. The van der Waals surface area contributed by atoms with Gasteiger partial charge in [0.15, 0.2) is 0 Å². The van der Waals surface area contributed by atoms with Gasteiger partial charge in [0.1, 0.15) is 5.82 Å². The van der Waals surface area contributed by atoms with Crippen molar-refractivity contribution in [1.82, 2.24) is 10.2 Å². The molecule has 1 fully saturated rings. The molecule has 1 aromatic rings.